The molecule has 0 radical (unpaired) electrons. The van der Waals surface area contributed by atoms with Crippen molar-refractivity contribution in [3.05, 3.63) is 35.2 Å². The minimum Gasteiger partial charge on any atom is -0.351 e. The van der Waals surface area contributed by atoms with E-state index < -0.39 is 0 Å². The minimum absolute atomic E-state index is 0.599. The Bertz CT molecular complexity index is 645. The smallest absolute Gasteiger partial charge is 0.243 e. The molecule has 92 valence electrons. The van der Waals surface area contributed by atoms with E-state index in [0.717, 1.165) is 16.7 Å². The zero-order valence-corrected chi connectivity index (χ0v) is 10.9. The average molecular weight is 308 g/mol. The lowest BCUT2D eigenvalue weighted by Gasteiger charge is -2.00. The number of hydrogen-bond acceptors (Lipinski definition) is 5. The molecular weight excluding hydrogens is 298 g/mol. The molecule has 8 heteroatoms. The standard InChI is InChI=1S/C10H10BrN7/c11-8-2-1-5-18-9(8)14-10(15-18)12-3-6-17-7-4-13-16-17/h1-2,4-5,7H,3,6H2,(H,12,15). The van der Waals surface area contributed by atoms with Crippen LogP contribution in [0.3, 0.4) is 0 Å². The van der Waals surface area contributed by atoms with Crippen molar-refractivity contribution in [1.29, 1.82) is 0 Å². The second kappa shape index (κ2) is 4.73. The van der Waals surface area contributed by atoms with Gasteiger partial charge in [0.25, 0.3) is 0 Å². The summed E-state index contributed by atoms with van der Waals surface area (Å²) in [6.07, 6.45) is 5.32. The second-order valence-electron chi connectivity index (χ2n) is 3.65. The monoisotopic (exact) mass is 307 g/mol. The summed E-state index contributed by atoms with van der Waals surface area (Å²) in [7, 11) is 0. The number of nitrogens with one attached hydrogen (secondary N) is 1. The Morgan fingerprint density at radius 3 is 3.06 bits per heavy atom. The summed E-state index contributed by atoms with van der Waals surface area (Å²) in [6.45, 7) is 1.41. The molecule has 0 aliphatic rings. The zero-order chi connectivity index (χ0) is 12.4. The Balaban J connectivity index is 1.69. The lowest BCUT2D eigenvalue weighted by molar-refractivity contribution is 0.607. The number of halogens is 1. The number of anilines is 1. The molecule has 1 N–H and O–H groups in total. The van der Waals surface area contributed by atoms with Crippen LogP contribution in [0.1, 0.15) is 0 Å². The van der Waals surface area contributed by atoms with Gasteiger partial charge in [0, 0.05) is 18.9 Å². The van der Waals surface area contributed by atoms with E-state index in [4.69, 9.17) is 0 Å². The summed E-state index contributed by atoms with van der Waals surface area (Å²) in [5.74, 6) is 0.599. The predicted molar refractivity (Wildman–Crippen MR) is 69.2 cm³/mol. The summed E-state index contributed by atoms with van der Waals surface area (Å²) in [5.41, 5.74) is 0.792. The van der Waals surface area contributed by atoms with Gasteiger partial charge in [-0.25, -0.2) is 4.52 Å². The fourth-order valence-electron chi connectivity index (χ4n) is 1.58. The largest absolute Gasteiger partial charge is 0.351 e. The maximum Gasteiger partial charge on any atom is 0.243 e. The Morgan fingerprint density at radius 2 is 2.28 bits per heavy atom. The summed E-state index contributed by atoms with van der Waals surface area (Å²) >= 11 is 3.44. The number of aromatic nitrogens is 6. The third-order valence-corrected chi connectivity index (χ3v) is 3.03. The molecule has 0 aliphatic heterocycles. The van der Waals surface area contributed by atoms with Crippen LogP contribution in [0.5, 0.6) is 0 Å². The maximum atomic E-state index is 4.38. The van der Waals surface area contributed by atoms with Crippen molar-refractivity contribution < 1.29 is 0 Å². The highest BCUT2D eigenvalue weighted by atomic mass is 79.9. The topological polar surface area (TPSA) is 72.9 Å². The van der Waals surface area contributed by atoms with Crippen LogP contribution in [-0.2, 0) is 6.54 Å². The predicted octanol–water partition coefficient (Wildman–Crippen LogP) is 1.20. The molecule has 18 heavy (non-hydrogen) atoms. The lowest BCUT2D eigenvalue weighted by Crippen LogP contribution is -2.11. The highest BCUT2D eigenvalue weighted by molar-refractivity contribution is 9.10. The molecule has 3 rings (SSSR count). The van der Waals surface area contributed by atoms with Crippen LogP contribution in [-0.4, -0.2) is 36.1 Å². The summed E-state index contributed by atoms with van der Waals surface area (Å²) in [4.78, 5) is 4.38. The van der Waals surface area contributed by atoms with Crippen molar-refractivity contribution in [2.75, 3.05) is 11.9 Å². The minimum atomic E-state index is 0.599. The first-order valence-electron chi connectivity index (χ1n) is 5.42. The van der Waals surface area contributed by atoms with Crippen molar-refractivity contribution in [2.45, 2.75) is 6.54 Å². The van der Waals surface area contributed by atoms with E-state index in [0.29, 0.717) is 12.5 Å². The fraction of sp³-hybridized carbons (Fsp3) is 0.200. The molecular formula is C10H10BrN7. The van der Waals surface area contributed by atoms with Crippen molar-refractivity contribution >= 4 is 27.5 Å². The molecule has 0 bridgehead atoms. The van der Waals surface area contributed by atoms with E-state index >= 15 is 0 Å². The van der Waals surface area contributed by atoms with Gasteiger partial charge in [0.15, 0.2) is 5.65 Å². The van der Waals surface area contributed by atoms with Crippen LogP contribution in [0, 0.1) is 0 Å². The number of nitrogens with zero attached hydrogens (tertiary/aromatic N) is 6. The van der Waals surface area contributed by atoms with Gasteiger partial charge < -0.3 is 5.32 Å². The normalized spacial score (nSPS) is 10.9. The van der Waals surface area contributed by atoms with Gasteiger partial charge >= 0.3 is 0 Å². The maximum absolute atomic E-state index is 4.38. The van der Waals surface area contributed by atoms with Gasteiger partial charge in [-0.1, -0.05) is 5.21 Å². The Morgan fingerprint density at radius 1 is 1.33 bits per heavy atom. The van der Waals surface area contributed by atoms with Crippen molar-refractivity contribution in [3.8, 4) is 0 Å². The number of fused-ring (bicyclic) bond motifs is 1. The molecule has 0 atom stereocenters. The molecule has 0 amide bonds. The van der Waals surface area contributed by atoms with Gasteiger partial charge in [-0.2, -0.15) is 4.98 Å². The van der Waals surface area contributed by atoms with Crippen molar-refractivity contribution in [1.82, 2.24) is 29.6 Å². The van der Waals surface area contributed by atoms with Crippen LogP contribution in [0.4, 0.5) is 5.95 Å². The van der Waals surface area contributed by atoms with Gasteiger partial charge in [-0.3, -0.25) is 4.68 Å². The lowest BCUT2D eigenvalue weighted by atomic mass is 10.5. The van der Waals surface area contributed by atoms with Gasteiger partial charge in [0.05, 0.1) is 17.2 Å². The molecule has 0 unspecified atom stereocenters. The SMILES string of the molecule is Brc1cccn2nc(NCCn3ccnn3)nc12. The van der Waals surface area contributed by atoms with E-state index in [-0.39, 0.29) is 0 Å². The van der Waals surface area contributed by atoms with Crippen LogP contribution < -0.4 is 5.32 Å². The molecule has 0 aromatic carbocycles. The first kappa shape index (κ1) is 11.1. The summed E-state index contributed by atoms with van der Waals surface area (Å²) in [5, 5.41) is 15.1. The van der Waals surface area contributed by atoms with Crippen molar-refractivity contribution in [3.63, 3.8) is 0 Å². The quantitative estimate of drug-likeness (QED) is 0.784. The molecule has 0 spiro atoms. The molecule has 0 fully saturated rings. The highest BCUT2D eigenvalue weighted by Crippen LogP contribution is 2.16. The van der Waals surface area contributed by atoms with Gasteiger partial charge in [0.1, 0.15) is 0 Å². The summed E-state index contributed by atoms with van der Waals surface area (Å²) in [6, 6.07) is 3.84. The molecule has 0 saturated heterocycles. The Hall–Kier alpha value is -1.96. The van der Waals surface area contributed by atoms with E-state index in [9.17, 15) is 0 Å². The van der Waals surface area contributed by atoms with E-state index in [1.54, 1.807) is 15.4 Å². The van der Waals surface area contributed by atoms with Crippen LogP contribution >= 0.6 is 15.9 Å². The molecule has 0 aliphatic carbocycles. The number of rotatable bonds is 4. The van der Waals surface area contributed by atoms with Gasteiger partial charge in [-0.05, 0) is 28.1 Å². The molecule has 7 nitrogen and oxygen atoms in total. The molecule has 3 aromatic heterocycles. The van der Waals surface area contributed by atoms with E-state index in [1.165, 1.54) is 0 Å². The van der Waals surface area contributed by atoms with Gasteiger partial charge in [-0.15, -0.1) is 10.2 Å². The first-order chi connectivity index (χ1) is 8.83. The van der Waals surface area contributed by atoms with Crippen molar-refractivity contribution in [2.24, 2.45) is 0 Å². The zero-order valence-electron chi connectivity index (χ0n) is 9.36. The van der Waals surface area contributed by atoms with Crippen LogP contribution in [0.2, 0.25) is 0 Å². The summed E-state index contributed by atoms with van der Waals surface area (Å²) < 4.78 is 4.39. The third-order valence-electron chi connectivity index (χ3n) is 2.41. The average Bonchev–Trinajstić information content (AvgIpc) is 2.98. The number of hydrogen-bond donors (Lipinski definition) is 1. The molecule has 0 saturated carbocycles. The van der Waals surface area contributed by atoms with Gasteiger partial charge in [0.2, 0.25) is 5.95 Å². The van der Waals surface area contributed by atoms with Crippen LogP contribution in [0.15, 0.2) is 35.2 Å². The molecule has 3 aromatic rings. The third kappa shape index (κ3) is 2.19. The highest BCUT2D eigenvalue weighted by Gasteiger charge is 2.05. The number of pyridine rings is 1. The Labute approximate surface area is 111 Å². The second-order valence-corrected chi connectivity index (χ2v) is 4.51. The van der Waals surface area contributed by atoms with Crippen LogP contribution in [0.25, 0.3) is 5.65 Å². The fourth-order valence-corrected chi connectivity index (χ4v) is 2.01. The first-order valence-corrected chi connectivity index (χ1v) is 6.21. The van der Waals surface area contributed by atoms with E-state index in [1.807, 2.05) is 24.5 Å². The van der Waals surface area contributed by atoms with E-state index in [2.05, 4.69) is 41.6 Å². The Kier molecular flexibility index (Phi) is 2.93. The molecule has 3 heterocycles.